The number of carboxylic acid groups (broad SMARTS) is 1. The number of carboxylic acids is 1. The molecule has 16 heavy (non-hydrogen) atoms. The lowest BCUT2D eigenvalue weighted by molar-refractivity contribution is -0.154. The molecule has 92 valence electrons. The highest BCUT2D eigenvalue weighted by molar-refractivity contribution is 6.01. The number of hydrogen-bond acceptors (Lipinski definition) is 3. The van der Waals surface area contributed by atoms with Crippen LogP contribution in [0.1, 0.15) is 39.5 Å². The van der Waals surface area contributed by atoms with Gasteiger partial charge in [0.05, 0.1) is 12.1 Å². The summed E-state index contributed by atoms with van der Waals surface area (Å²) in [5, 5.41) is 21.2. The van der Waals surface area contributed by atoms with E-state index in [4.69, 9.17) is 5.11 Å². The largest absolute Gasteiger partial charge is 0.480 e. The maximum absolute atomic E-state index is 11.7. The second-order valence-corrected chi connectivity index (χ2v) is 4.86. The normalized spacial score (nSPS) is 26.2. The van der Waals surface area contributed by atoms with Crippen molar-refractivity contribution in [3.8, 4) is 0 Å². The van der Waals surface area contributed by atoms with Gasteiger partial charge in [0, 0.05) is 0 Å². The Balaban J connectivity index is 2.59. The molecule has 0 radical (unpaired) electrons. The van der Waals surface area contributed by atoms with Gasteiger partial charge in [0.1, 0.15) is 5.41 Å². The highest BCUT2D eigenvalue weighted by Crippen LogP contribution is 2.21. The summed E-state index contributed by atoms with van der Waals surface area (Å²) >= 11 is 0. The lowest BCUT2D eigenvalue weighted by atomic mass is 9.89. The minimum Gasteiger partial charge on any atom is -0.480 e. The van der Waals surface area contributed by atoms with Gasteiger partial charge in [0.15, 0.2) is 0 Å². The monoisotopic (exact) mass is 229 g/mol. The van der Waals surface area contributed by atoms with Crippen LogP contribution in [0.15, 0.2) is 0 Å². The molecule has 1 fully saturated rings. The van der Waals surface area contributed by atoms with Crippen LogP contribution >= 0.6 is 0 Å². The van der Waals surface area contributed by atoms with Gasteiger partial charge >= 0.3 is 5.97 Å². The molecular formula is C11H19NO4. The van der Waals surface area contributed by atoms with E-state index < -0.39 is 23.4 Å². The fourth-order valence-corrected chi connectivity index (χ4v) is 1.73. The third-order valence-corrected chi connectivity index (χ3v) is 3.15. The molecule has 2 unspecified atom stereocenters. The molecule has 5 nitrogen and oxygen atoms in total. The van der Waals surface area contributed by atoms with Crippen molar-refractivity contribution in [1.29, 1.82) is 0 Å². The van der Waals surface area contributed by atoms with E-state index in [0.717, 1.165) is 12.8 Å². The summed E-state index contributed by atoms with van der Waals surface area (Å²) in [4.78, 5) is 22.6. The van der Waals surface area contributed by atoms with E-state index >= 15 is 0 Å². The van der Waals surface area contributed by atoms with Crippen molar-refractivity contribution in [1.82, 2.24) is 5.32 Å². The molecule has 0 bridgehead atoms. The zero-order valence-corrected chi connectivity index (χ0v) is 9.69. The molecule has 1 aliphatic rings. The van der Waals surface area contributed by atoms with Gasteiger partial charge in [-0.1, -0.05) is 12.8 Å². The Hall–Kier alpha value is -1.10. The minimum atomic E-state index is -1.45. The number of amides is 1. The smallest absolute Gasteiger partial charge is 0.318 e. The molecule has 0 heterocycles. The van der Waals surface area contributed by atoms with Gasteiger partial charge in [-0.3, -0.25) is 9.59 Å². The quantitative estimate of drug-likeness (QED) is 0.616. The fourth-order valence-electron chi connectivity index (χ4n) is 1.73. The van der Waals surface area contributed by atoms with Crippen LogP contribution in [0.4, 0.5) is 0 Å². The van der Waals surface area contributed by atoms with Crippen molar-refractivity contribution in [3.05, 3.63) is 0 Å². The number of carbonyl (C=O) groups excluding carboxylic acids is 1. The third kappa shape index (κ3) is 2.72. The lowest BCUT2D eigenvalue weighted by Crippen LogP contribution is -2.51. The summed E-state index contributed by atoms with van der Waals surface area (Å²) in [5.74, 6) is -1.69. The van der Waals surface area contributed by atoms with E-state index in [2.05, 4.69) is 5.32 Å². The highest BCUT2D eigenvalue weighted by atomic mass is 16.4. The standard InChI is InChI=1S/C11H19NO4/c1-11(2,10(15)16)9(14)12-7-5-3-4-6-8(7)13/h7-8,13H,3-6H2,1-2H3,(H,12,14)(H,15,16). The Kier molecular flexibility index (Phi) is 3.91. The summed E-state index contributed by atoms with van der Waals surface area (Å²) in [6, 6.07) is -0.306. The first-order valence-electron chi connectivity index (χ1n) is 5.58. The second kappa shape index (κ2) is 4.82. The first-order chi connectivity index (χ1) is 7.35. The van der Waals surface area contributed by atoms with Crippen molar-refractivity contribution >= 4 is 11.9 Å². The van der Waals surface area contributed by atoms with Crippen molar-refractivity contribution in [2.24, 2.45) is 5.41 Å². The molecule has 1 amide bonds. The van der Waals surface area contributed by atoms with E-state index in [1.807, 2.05) is 0 Å². The summed E-state index contributed by atoms with van der Waals surface area (Å²) in [5.41, 5.74) is -1.45. The van der Waals surface area contributed by atoms with E-state index in [0.29, 0.717) is 12.8 Å². The van der Waals surface area contributed by atoms with Crippen LogP contribution in [-0.4, -0.2) is 34.2 Å². The molecular weight excluding hydrogens is 210 g/mol. The van der Waals surface area contributed by atoms with Crippen LogP contribution in [-0.2, 0) is 9.59 Å². The molecule has 1 aliphatic carbocycles. The molecule has 0 aliphatic heterocycles. The molecule has 0 spiro atoms. The van der Waals surface area contributed by atoms with Crippen LogP contribution in [0, 0.1) is 5.41 Å². The van der Waals surface area contributed by atoms with Crippen molar-refractivity contribution in [3.63, 3.8) is 0 Å². The van der Waals surface area contributed by atoms with Crippen LogP contribution in [0.3, 0.4) is 0 Å². The maximum atomic E-state index is 11.7. The predicted molar refractivity (Wildman–Crippen MR) is 57.8 cm³/mol. The summed E-state index contributed by atoms with van der Waals surface area (Å²) in [6.45, 7) is 2.72. The van der Waals surface area contributed by atoms with Crippen molar-refractivity contribution < 1.29 is 19.8 Å². The Labute approximate surface area is 94.8 Å². The topological polar surface area (TPSA) is 86.6 Å². The van der Waals surface area contributed by atoms with Crippen molar-refractivity contribution in [2.75, 3.05) is 0 Å². The van der Waals surface area contributed by atoms with E-state index in [-0.39, 0.29) is 6.04 Å². The van der Waals surface area contributed by atoms with Gasteiger partial charge < -0.3 is 15.5 Å². The molecule has 2 atom stereocenters. The number of aliphatic hydroxyl groups is 1. The molecule has 5 heteroatoms. The molecule has 1 rings (SSSR count). The first-order valence-corrected chi connectivity index (χ1v) is 5.58. The van der Waals surface area contributed by atoms with E-state index in [9.17, 15) is 14.7 Å². The van der Waals surface area contributed by atoms with Gasteiger partial charge in [0.25, 0.3) is 0 Å². The van der Waals surface area contributed by atoms with Crippen LogP contribution < -0.4 is 5.32 Å². The average Bonchev–Trinajstić information content (AvgIpc) is 2.21. The second-order valence-electron chi connectivity index (χ2n) is 4.86. The number of aliphatic carboxylic acids is 1. The number of aliphatic hydroxyl groups excluding tert-OH is 1. The van der Waals surface area contributed by atoms with Gasteiger partial charge in [0.2, 0.25) is 5.91 Å². The minimum absolute atomic E-state index is 0.306. The number of rotatable bonds is 3. The molecule has 1 saturated carbocycles. The molecule has 0 aromatic carbocycles. The Morgan fingerprint density at radius 2 is 1.81 bits per heavy atom. The van der Waals surface area contributed by atoms with E-state index in [1.54, 1.807) is 0 Å². The first kappa shape index (κ1) is 13.0. The van der Waals surface area contributed by atoms with E-state index in [1.165, 1.54) is 13.8 Å². The van der Waals surface area contributed by atoms with Gasteiger partial charge in [-0.15, -0.1) is 0 Å². The Bertz CT molecular complexity index is 288. The molecule has 0 aromatic rings. The number of hydrogen-bond donors (Lipinski definition) is 3. The molecule has 0 saturated heterocycles. The summed E-state index contributed by atoms with van der Waals surface area (Å²) < 4.78 is 0. The van der Waals surface area contributed by atoms with Crippen LogP contribution in [0.25, 0.3) is 0 Å². The van der Waals surface area contributed by atoms with Crippen LogP contribution in [0.2, 0.25) is 0 Å². The molecule has 0 aromatic heterocycles. The fraction of sp³-hybridized carbons (Fsp3) is 0.818. The Morgan fingerprint density at radius 3 is 2.31 bits per heavy atom. The zero-order chi connectivity index (χ0) is 12.3. The maximum Gasteiger partial charge on any atom is 0.318 e. The number of carbonyl (C=O) groups is 2. The van der Waals surface area contributed by atoms with Gasteiger partial charge in [-0.25, -0.2) is 0 Å². The highest BCUT2D eigenvalue weighted by Gasteiger charge is 2.38. The average molecular weight is 229 g/mol. The predicted octanol–water partition coefficient (Wildman–Crippen LogP) is 0.517. The summed E-state index contributed by atoms with van der Waals surface area (Å²) in [6.07, 6.45) is 2.73. The zero-order valence-electron chi connectivity index (χ0n) is 9.69. The van der Waals surface area contributed by atoms with Crippen molar-refractivity contribution in [2.45, 2.75) is 51.7 Å². The van der Waals surface area contributed by atoms with Crippen LogP contribution in [0.5, 0.6) is 0 Å². The summed E-state index contributed by atoms with van der Waals surface area (Å²) in [7, 11) is 0. The Morgan fingerprint density at radius 1 is 1.25 bits per heavy atom. The van der Waals surface area contributed by atoms with Gasteiger partial charge in [-0.05, 0) is 26.7 Å². The molecule has 3 N–H and O–H groups in total. The SMILES string of the molecule is CC(C)(C(=O)O)C(=O)NC1CCCCC1O. The lowest BCUT2D eigenvalue weighted by Gasteiger charge is -2.30. The third-order valence-electron chi connectivity index (χ3n) is 3.15. The number of nitrogens with one attached hydrogen (secondary N) is 1. The van der Waals surface area contributed by atoms with Gasteiger partial charge in [-0.2, -0.15) is 0 Å².